The van der Waals surface area contributed by atoms with Crippen molar-refractivity contribution < 1.29 is 17.6 Å². The van der Waals surface area contributed by atoms with Crippen molar-refractivity contribution in [1.29, 1.82) is 0 Å². The van der Waals surface area contributed by atoms with E-state index in [1.165, 1.54) is 0 Å². The fourth-order valence-electron chi connectivity index (χ4n) is 2.26. The molecule has 1 aliphatic heterocycles. The van der Waals surface area contributed by atoms with Crippen molar-refractivity contribution in [3.63, 3.8) is 0 Å². The molecule has 2 heterocycles. The summed E-state index contributed by atoms with van der Waals surface area (Å²) in [6.45, 7) is 3.88. The van der Waals surface area contributed by atoms with Gasteiger partial charge in [0.25, 0.3) is 0 Å². The number of ether oxygens (including phenoxy) is 1. The van der Waals surface area contributed by atoms with Crippen LogP contribution in [0.1, 0.15) is 5.89 Å². The van der Waals surface area contributed by atoms with E-state index < -0.39 is 9.84 Å². The lowest BCUT2D eigenvalue weighted by Crippen LogP contribution is -2.36. The maximum atomic E-state index is 12.8. The number of hydrogen-bond donors (Lipinski definition) is 0. The highest BCUT2D eigenvalue weighted by molar-refractivity contribution is 9.10. The highest BCUT2D eigenvalue weighted by atomic mass is 79.9. The summed E-state index contributed by atoms with van der Waals surface area (Å²) < 4.78 is 37.3. The quantitative estimate of drug-likeness (QED) is 0.806. The van der Waals surface area contributed by atoms with E-state index in [2.05, 4.69) is 20.9 Å². The second-order valence-corrected chi connectivity index (χ2v) is 7.68. The van der Waals surface area contributed by atoms with Gasteiger partial charge in [0, 0.05) is 24.5 Å². The summed E-state index contributed by atoms with van der Waals surface area (Å²) in [6.07, 6.45) is 0. The molecule has 1 saturated heterocycles. The minimum atomic E-state index is -3.72. The number of aryl methyl sites for hydroxylation is 1. The van der Waals surface area contributed by atoms with Gasteiger partial charge in [-0.15, -0.1) is 0 Å². The summed E-state index contributed by atoms with van der Waals surface area (Å²) in [5.41, 5.74) is 0. The Hall–Kier alpha value is -1.38. The molecule has 0 aliphatic carbocycles. The van der Waals surface area contributed by atoms with Gasteiger partial charge in [0.2, 0.25) is 20.7 Å². The molecule has 0 unspecified atom stereocenters. The summed E-state index contributed by atoms with van der Waals surface area (Å²) in [7, 11) is -3.72. The number of anilines is 1. The Morgan fingerprint density at radius 1 is 1.18 bits per heavy atom. The molecule has 0 bridgehead atoms. The Kier molecular flexibility index (Phi) is 4.24. The molecule has 118 valence electrons. The first-order chi connectivity index (χ1) is 10.5. The molecule has 0 amide bonds. The van der Waals surface area contributed by atoms with Gasteiger partial charge < -0.3 is 14.1 Å². The average Bonchev–Trinajstić information content (AvgIpc) is 2.91. The normalized spacial score (nSPS) is 16.0. The smallest absolute Gasteiger partial charge is 0.236 e. The zero-order valence-corrected chi connectivity index (χ0v) is 14.4. The van der Waals surface area contributed by atoms with Crippen LogP contribution < -0.4 is 4.90 Å². The van der Waals surface area contributed by atoms with Crippen molar-refractivity contribution in [3.05, 3.63) is 34.6 Å². The molecule has 0 atom stereocenters. The first-order valence-corrected chi connectivity index (χ1v) is 9.07. The number of halogens is 1. The van der Waals surface area contributed by atoms with E-state index in [0.29, 0.717) is 38.1 Å². The topological polar surface area (TPSA) is 72.6 Å². The second kappa shape index (κ2) is 6.02. The minimum absolute atomic E-state index is 0.0331. The summed E-state index contributed by atoms with van der Waals surface area (Å²) in [5, 5.41) is -0.0331. The molecule has 1 fully saturated rings. The number of rotatable bonds is 3. The monoisotopic (exact) mass is 386 g/mol. The van der Waals surface area contributed by atoms with E-state index in [9.17, 15) is 8.42 Å². The fourth-order valence-corrected chi connectivity index (χ4v) is 3.90. The van der Waals surface area contributed by atoms with E-state index in [1.807, 2.05) is 4.90 Å². The van der Waals surface area contributed by atoms with Crippen LogP contribution in [0.5, 0.6) is 0 Å². The van der Waals surface area contributed by atoms with Crippen LogP contribution in [-0.2, 0) is 14.6 Å². The van der Waals surface area contributed by atoms with Crippen LogP contribution >= 0.6 is 15.9 Å². The van der Waals surface area contributed by atoms with Crippen LogP contribution in [0, 0.1) is 6.92 Å². The molecule has 0 spiro atoms. The highest BCUT2D eigenvalue weighted by Gasteiger charge is 2.30. The van der Waals surface area contributed by atoms with E-state index in [0.717, 1.165) is 4.47 Å². The Morgan fingerprint density at radius 3 is 2.45 bits per heavy atom. The zero-order chi connectivity index (χ0) is 15.7. The van der Waals surface area contributed by atoms with Crippen LogP contribution in [-0.4, -0.2) is 39.7 Å². The molecule has 0 saturated carbocycles. The molecule has 1 aromatic carbocycles. The van der Waals surface area contributed by atoms with Gasteiger partial charge in [-0.2, -0.15) is 4.98 Å². The molecule has 3 rings (SSSR count). The van der Waals surface area contributed by atoms with Crippen LogP contribution in [0.4, 0.5) is 5.88 Å². The van der Waals surface area contributed by atoms with E-state index in [1.54, 1.807) is 31.2 Å². The van der Waals surface area contributed by atoms with Crippen molar-refractivity contribution >= 4 is 31.7 Å². The van der Waals surface area contributed by atoms with Crippen LogP contribution in [0.2, 0.25) is 0 Å². The van der Waals surface area contributed by atoms with Gasteiger partial charge in [-0.05, 0) is 24.3 Å². The molecule has 0 N–H and O–H groups in total. The SMILES string of the molecule is Cc1nc(S(=O)(=O)c2ccc(Br)cc2)c(N2CCOCC2)o1. The third kappa shape index (κ3) is 2.90. The third-order valence-corrected chi connectivity index (χ3v) is 5.56. The first kappa shape index (κ1) is 15.5. The predicted octanol–water partition coefficient (Wildman–Crippen LogP) is 2.41. The van der Waals surface area contributed by atoms with Crippen molar-refractivity contribution in [1.82, 2.24) is 4.98 Å². The molecular weight excluding hydrogens is 372 g/mol. The van der Waals surface area contributed by atoms with Crippen LogP contribution in [0.15, 0.2) is 43.1 Å². The minimum Gasteiger partial charge on any atom is -0.424 e. The van der Waals surface area contributed by atoms with Gasteiger partial charge in [0.15, 0.2) is 5.89 Å². The van der Waals surface area contributed by atoms with Gasteiger partial charge in [0.05, 0.1) is 18.1 Å². The number of aromatic nitrogens is 1. The number of nitrogens with zero attached hydrogens (tertiary/aromatic N) is 2. The molecule has 1 aromatic heterocycles. The molecule has 2 aromatic rings. The summed E-state index contributed by atoms with van der Waals surface area (Å²) in [4.78, 5) is 6.16. The Bertz CT molecular complexity index is 765. The van der Waals surface area contributed by atoms with Crippen molar-refractivity contribution in [2.24, 2.45) is 0 Å². The standard InChI is InChI=1S/C14H15BrN2O4S/c1-10-16-13(14(21-10)17-6-8-20-9-7-17)22(18,19)12-4-2-11(15)3-5-12/h2-5H,6-9H2,1H3. The molecular formula is C14H15BrN2O4S. The fraction of sp³-hybridized carbons (Fsp3) is 0.357. The zero-order valence-electron chi connectivity index (χ0n) is 12.0. The van der Waals surface area contributed by atoms with E-state index in [-0.39, 0.29) is 9.92 Å². The van der Waals surface area contributed by atoms with Crippen molar-refractivity contribution in [2.75, 3.05) is 31.2 Å². The maximum Gasteiger partial charge on any atom is 0.236 e. The molecule has 1 aliphatic rings. The number of sulfone groups is 1. The summed E-state index contributed by atoms with van der Waals surface area (Å²) >= 11 is 3.30. The second-order valence-electron chi connectivity index (χ2n) is 4.90. The van der Waals surface area contributed by atoms with Gasteiger partial charge in [0.1, 0.15) is 0 Å². The Labute approximate surface area is 137 Å². The van der Waals surface area contributed by atoms with Gasteiger partial charge >= 0.3 is 0 Å². The Morgan fingerprint density at radius 2 is 1.82 bits per heavy atom. The van der Waals surface area contributed by atoms with Gasteiger partial charge in [-0.25, -0.2) is 8.42 Å². The lowest BCUT2D eigenvalue weighted by Gasteiger charge is -2.26. The van der Waals surface area contributed by atoms with E-state index >= 15 is 0 Å². The molecule has 6 nitrogen and oxygen atoms in total. The van der Waals surface area contributed by atoms with Crippen LogP contribution in [0.25, 0.3) is 0 Å². The Balaban J connectivity index is 2.05. The third-order valence-electron chi connectivity index (χ3n) is 3.36. The number of benzene rings is 1. The number of oxazole rings is 1. The largest absolute Gasteiger partial charge is 0.424 e. The van der Waals surface area contributed by atoms with Gasteiger partial charge in [-0.3, -0.25) is 0 Å². The first-order valence-electron chi connectivity index (χ1n) is 6.79. The predicted molar refractivity (Wildman–Crippen MR) is 83.9 cm³/mol. The lowest BCUT2D eigenvalue weighted by atomic mass is 10.4. The molecule has 0 radical (unpaired) electrons. The molecule has 8 heteroatoms. The summed E-state index contributed by atoms with van der Waals surface area (Å²) in [5.74, 6) is 0.626. The average molecular weight is 387 g/mol. The number of morpholine rings is 1. The van der Waals surface area contributed by atoms with Crippen molar-refractivity contribution in [3.8, 4) is 0 Å². The van der Waals surface area contributed by atoms with Gasteiger partial charge in [-0.1, -0.05) is 15.9 Å². The lowest BCUT2D eigenvalue weighted by molar-refractivity contribution is 0.120. The summed E-state index contributed by atoms with van der Waals surface area (Å²) in [6, 6.07) is 6.47. The highest BCUT2D eigenvalue weighted by Crippen LogP contribution is 2.31. The van der Waals surface area contributed by atoms with Crippen molar-refractivity contribution in [2.45, 2.75) is 16.8 Å². The number of hydrogen-bond acceptors (Lipinski definition) is 6. The molecule has 22 heavy (non-hydrogen) atoms. The maximum absolute atomic E-state index is 12.8. The van der Waals surface area contributed by atoms with Crippen LogP contribution in [0.3, 0.4) is 0 Å². The van der Waals surface area contributed by atoms with E-state index in [4.69, 9.17) is 9.15 Å².